The van der Waals surface area contributed by atoms with Gasteiger partial charge in [-0.1, -0.05) is 0 Å². The van der Waals surface area contributed by atoms with E-state index in [2.05, 4.69) is 20.9 Å². The summed E-state index contributed by atoms with van der Waals surface area (Å²) in [6.07, 6.45) is 4.84. The second-order valence-electron chi connectivity index (χ2n) is 3.31. The smallest absolute Gasteiger partial charge is 0.210 e. The van der Waals surface area contributed by atoms with E-state index < -0.39 is 0 Å². The standard InChI is InChI=1S/C11H10BrNO2/c12-9-3-4-10(13-6-9)11(14)8-2-1-5-15-7-8/h3-4,6-7H,1-2,5H2. The van der Waals surface area contributed by atoms with Crippen molar-refractivity contribution in [2.45, 2.75) is 12.8 Å². The van der Waals surface area contributed by atoms with E-state index >= 15 is 0 Å². The number of pyridine rings is 1. The van der Waals surface area contributed by atoms with Crippen molar-refractivity contribution in [1.29, 1.82) is 0 Å². The van der Waals surface area contributed by atoms with Crippen LogP contribution in [-0.2, 0) is 4.74 Å². The van der Waals surface area contributed by atoms with Crippen LogP contribution in [0.1, 0.15) is 23.3 Å². The number of Topliss-reactive ketones (excluding diaryl/α,β-unsaturated/α-hetero) is 1. The van der Waals surface area contributed by atoms with E-state index in [4.69, 9.17) is 4.74 Å². The van der Waals surface area contributed by atoms with Crippen LogP contribution in [0.25, 0.3) is 0 Å². The Hall–Kier alpha value is -1.16. The van der Waals surface area contributed by atoms with Gasteiger partial charge in [-0.2, -0.15) is 0 Å². The first-order valence-electron chi connectivity index (χ1n) is 4.74. The number of halogens is 1. The summed E-state index contributed by atoms with van der Waals surface area (Å²) >= 11 is 3.28. The lowest BCUT2D eigenvalue weighted by molar-refractivity contribution is 0.100. The molecule has 1 aliphatic heterocycles. The number of ether oxygens (including phenoxy) is 1. The van der Waals surface area contributed by atoms with Crippen LogP contribution in [0.5, 0.6) is 0 Å². The molecule has 0 aliphatic carbocycles. The molecule has 0 radical (unpaired) electrons. The minimum absolute atomic E-state index is 0.0396. The lowest BCUT2D eigenvalue weighted by Gasteiger charge is -2.11. The molecule has 0 fully saturated rings. The normalized spacial score (nSPS) is 15.4. The zero-order chi connectivity index (χ0) is 10.7. The molecule has 1 aromatic rings. The highest BCUT2D eigenvalue weighted by molar-refractivity contribution is 9.10. The van der Waals surface area contributed by atoms with Gasteiger partial charge in [0.1, 0.15) is 5.69 Å². The molecular formula is C11H10BrNO2. The van der Waals surface area contributed by atoms with Crippen LogP contribution < -0.4 is 0 Å². The molecule has 78 valence electrons. The van der Waals surface area contributed by atoms with Crippen molar-refractivity contribution >= 4 is 21.7 Å². The molecule has 1 aliphatic rings. The number of carbonyl (C=O) groups excluding carboxylic acids is 1. The average molecular weight is 268 g/mol. The molecule has 0 spiro atoms. The Morgan fingerprint density at radius 1 is 1.47 bits per heavy atom. The highest BCUT2D eigenvalue weighted by atomic mass is 79.9. The van der Waals surface area contributed by atoms with Gasteiger partial charge in [0.25, 0.3) is 0 Å². The molecule has 3 nitrogen and oxygen atoms in total. The number of hydrogen-bond donors (Lipinski definition) is 0. The SMILES string of the molecule is O=C(C1=COCCC1)c1ccc(Br)cn1. The molecule has 0 N–H and O–H groups in total. The summed E-state index contributed by atoms with van der Waals surface area (Å²) in [6, 6.07) is 3.52. The predicted octanol–water partition coefficient (Wildman–Crippen LogP) is 2.72. The Balaban J connectivity index is 2.20. The fourth-order valence-corrected chi connectivity index (χ4v) is 1.64. The second-order valence-corrected chi connectivity index (χ2v) is 4.22. The van der Waals surface area contributed by atoms with Crippen LogP contribution in [-0.4, -0.2) is 17.4 Å². The van der Waals surface area contributed by atoms with E-state index in [1.54, 1.807) is 18.5 Å². The number of rotatable bonds is 2. The maximum absolute atomic E-state index is 11.9. The van der Waals surface area contributed by atoms with Crippen molar-refractivity contribution < 1.29 is 9.53 Å². The lowest BCUT2D eigenvalue weighted by Crippen LogP contribution is -2.10. The monoisotopic (exact) mass is 267 g/mol. The van der Waals surface area contributed by atoms with Gasteiger partial charge in [0.15, 0.2) is 0 Å². The number of nitrogens with zero attached hydrogens (tertiary/aromatic N) is 1. The molecule has 4 heteroatoms. The number of hydrogen-bond acceptors (Lipinski definition) is 3. The van der Waals surface area contributed by atoms with E-state index in [9.17, 15) is 4.79 Å². The van der Waals surface area contributed by atoms with Gasteiger partial charge in [0.2, 0.25) is 5.78 Å². The summed E-state index contributed by atoms with van der Waals surface area (Å²) in [6.45, 7) is 0.699. The van der Waals surface area contributed by atoms with Gasteiger partial charge in [-0.15, -0.1) is 0 Å². The van der Waals surface area contributed by atoms with Crippen LogP contribution in [0.3, 0.4) is 0 Å². The molecule has 2 rings (SSSR count). The summed E-state index contributed by atoms with van der Waals surface area (Å²) in [5.74, 6) is -0.0396. The zero-order valence-electron chi connectivity index (χ0n) is 8.07. The van der Waals surface area contributed by atoms with Gasteiger partial charge in [-0.25, -0.2) is 0 Å². The van der Waals surface area contributed by atoms with Gasteiger partial charge < -0.3 is 4.74 Å². The molecule has 0 bridgehead atoms. The lowest BCUT2D eigenvalue weighted by atomic mass is 10.0. The highest BCUT2D eigenvalue weighted by Crippen LogP contribution is 2.17. The van der Waals surface area contributed by atoms with Crippen molar-refractivity contribution in [3.05, 3.63) is 40.3 Å². The van der Waals surface area contributed by atoms with Crippen LogP contribution in [0.4, 0.5) is 0 Å². The van der Waals surface area contributed by atoms with Crippen molar-refractivity contribution in [3.8, 4) is 0 Å². The first-order valence-corrected chi connectivity index (χ1v) is 5.53. The van der Waals surface area contributed by atoms with E-state index in [0.717, 1.165) is 17.3 Å². The maximum atomic E-state index is 11.9. The molecule has 0 unspecified atom stereocenters. The molecular weight excluding hydrogens is 258 g/mol. The number of aromatic nitrogens is 1. The fraction of sp³-hybridized carbons (Fsp3) is 0.273. The minimum atomic E-state index is -0.0396. The van der Waals surface area contributed by atoms with Gasteiger partial charge in [0, 0.05) is 16.2 Å². The summed E-state index contributed by atoms with van der Waals surface area (Å²) in [7, 11) is 0. The van der Waals surface area contributed by atoms with E-state index in [-0.39, 0.29) is 5.78 Å². The number of allylic oxidation sites excluding steroid dienone is 1. The van der Waals surface area contributed by atoms with Crippen molar-refractivity contribution in [1.82, 2.24) is 4.98 Å². The van der Waals surface area contributed by atoms with Gasteiger partial charge in [0.05, 0.1) is 12.9 Å². The maximum Gasteiger partial charge on any atom is 0.210 e. The topological polar surface area (TPSA) is 39.2 Å². The van der Waals surface area contributed by atoms with E-state index in [0.29, 0.717) is 17.9 Å². The minimum Gasteiger partial charge on any atom is -0.501 e. The Morgan fingerprint density at radius 3 is 2.93 bits per heavy atom. The highest BCUT2D eigenvalue weighted by Gasteiger charge is 2.16. The molecule has 1 aromatic heterocycles. The third-order valence-electron chi connectivity index (χ3n) is 2.19. The van der Waals surface area contributed by atoms with Crippen LogP contribution in [0.15, 0.2) is 34.6 Å². The molecule has 0 saturated heterocycles. The Labute approximate surface area is 96.3 Å². The number of carbonyl (C=O) groups is 1. The van der Waals surface area contributed by atoms with Gasteiger partial charge in [-0.05, 0) is 40.9 Å². The summed E-state index contributed by atoms with van der Waals surface area (Å²) in [4.78, 5) is 15.9. The van der Waals surface area contributed by atoms with Crippen molar-refractivity contribution in [2.24, 2.45) is 0 Å². The predicted molar refractivity (Wildman–Crippen MR) is 59.5 cm³/mol. The Morgan fingerprint density at radius 2 is 2.33 bits per heavy atom. The molecule has 0 atom stereocenters. The van der Waals surface area contributed by atoms with Crippen molar-refractivity contribution in [2.75, 3.05) is 6.61 Å². The quantitative estimate of drug-likeness (QED) is 0.774. The third kappa shape index (κ3) is 2.45. The van der Waals surface area contributed by atoms with Crippen LogP contribution in [0.2, 0.25) is 0 Å². The van der Waals surface area contributed by atoms with E-state index in [1.807, 2.05) is 6.07 Å². The number of ketones is 1. The molecule has 0 saturated carbocycles. The Kier molecular flexibility index (Phi) is 3.16. The first-order chi connectivity index (χ1) is 7.27. The first kappa shape index (κ1) is 10.4. The Bertz CT molecular complexity index is 398. The molecule has 0 aromatic carbocycles. The largest absolute Gasteiger partial charge is 0.501 e. The van der Waals surface area contributed by atoms with E-state index in [1.165, 1.54) is 0 Å². The van der Waals surface area contributed by atoms with Gasteiger partial charge >= 0.3 is 0 Å². The van der Waals surface area contributed by atoms with Crippen LogP contribution in [0, 0.1) is 0 Å². The average Bonchev–Trinajstić information content (AvgIpc) is 2.30. The summed E-state index contributed by atoms with van der Waals surface area (Å²) < 4.78 is 6.00. The molecule has 0 amide bonds. The molecule has 2 heterocycles. The summed E-state index contributed by atoms with van der Waals surface area (Å²) in [5, 5.41) is 0. The van der Waals surface area contributed by atoms with Crippen LogP contribution >= 0.6 is 15.9 Å². The summed E-state index contributed by atoms with van der Waals surface area (Å²) in [5.41, 5.74) is 1.17. The molecule has 15 heavy (non-hydrogen) atoms. The van der Waals surface area contributed by atoms with Gasteiger partial charge in [-0.3, -0.25) is 9.78 Å². The third-order valence-corrected chi connectivity index (χ3v) is 2.65. The zero-order valence-corrected chi connectivity index (χ0v) is 9.66. The second kappa shape index (κ2) is 4.57. The van der Waals surface area contributed by atoms with Crippen molar-refractivity contribution in [3.63, 3.8) is 0 Å². The fourth-order valence-electron chi connectivity index (χ4n) is 1.41.